The molecule has 0 radical (unpaired) electrons. The van der Waals surface area contributed by atoms with Gasteiger partial charge in [0.15, 0.2) is 5.78 Å². The summed E-state index contributed by atoms with van der Waals surface area (Å²) in [5, 5.41) is 0.728. The van der Waals surface area contributed by atoms with Crippen LogP contribution in [0.4, 0.5) is 4.39 Å². The highest BCUT2D eigenvalue weighted by molar-refractivity contribution is 5.94. The largest absolute Gasteiger partial charge is 0.460 e. The van der Waals surface area contributed by atoms with Gasteiger partial charge in [0.1, 0.15) is 12.3 Å². The van der Waals surface area contributed by atoms with Gasteiger partial charge in [-0.25, -0.2) is 9.18 Å². The lowest BCUT2D eigenvalue weighted by molar-refractivity contribution is -0.143. The first-order valence-corrected chi connectivity index (χ1v) is 17.3. The second kappa shape index (κ2) is 16.8. The maximum Gasteiger partial charge on any atom is 0.374 e. The Balaban J connectivity index is 1.23. The number of rotatable bonds is 15. The number of alkyl halides is 1. The van der Waals surface area contributed by atoms with E-state index >= 15 is 0 Å². The molecule has 2 heterocycles. The number of amides is 1. The molecule has 3 fully saturated rings. The minimum Gasteiger partial charge on any atom is -0.460 e. The van der Waals surface area contributed by atoms with Crippen molar-refractivity contribution in [3.63, 3.8) is 0 Å². The lowest BCUT2D eigenvalue weighted by Crippen LogP contribution is -2.48. The first kappa shape index (κ1) is 34.5. The molecule has 0 bridgehead atoms. The number of hydrogen-bond acceptors (Lipinski definition) is 8. The number of nitrogens with zero attached hydrogens (tertiary/aromatic N) is 1. The number of likely N-dealkylation sites (tertiary alicyclic amines) is 1. The Hall–Kier alpha value is -2.82. The van der Waals surface area contributed by atoms with Crippen molar-refractivity contribution in [2.75, 3.05) is 46.8 Å². The van der Waals surface area contributed by atoms with Gasteiger partial charge in [0.25, 0.3) is 0 Å². The summed E-state index contributed by atoms with van der Waals surface area (Å²) >= 11 is 0. The molecule has 2 aliphatic carbocycles. The van der Waals surface area contributed by atoms with E-state index in [4.69, 9.17) is 24.4 Å². The SMILES string of the molecule is COCCOCCCOC(=O)c1cc2cc(CC(=O)[C@@H]3[C@H](C4CCCCC4)CCN3C(=O)C3CCC([C@H](N)CF)CC3)ccc2o1. The van der Waals surface area contributed by atoms with Crippen molar-refractivity contribution >= 4 is 28.6 Å². The first-order chi connectivity index (χ1) is 22.4. The zero-order valence-corrected chi connectivity index (χ0v) is 27.3. The highest BCUT2D eigenvalue weighted by atomic mass is 19.1. The number of halogens is 1. The second-order valence-electron chi connectivity index (χ2n) is 13.5. The fourth-order valence-corrected chi connectivity index (χ4v) is 7.94. The van der Waals surface area contributed by atoms with Crippen LogP contribution >= 0.6 is 0 Å². The number of methoxy groups -OCH3 is 1. The number of carbonyl (C=O) groups excluding carboxylic acids is 3. The smallest absolute Gasteiger partial charge is 0.374 e. The predicted octanol–water partition coefficient (Wildman–Crippen LogP) is 5.65. The molecule has 3 aliphatic rings. The summed E-state index contributed by atoms with van der Waals surface area (Å²) in [6.07, 6.45) is 10.4. The summed E-state index contributed by atoms with van der Waals surface area (Å²) in [5.74, 6) is 0.354. The lowest BCUT2D eigenvalue weighted by atomic mass is 9.75. The van der Waals surface area contributed by atoms with Crippen molar-refractivity contribution in [3.05, 3.63) is 35.6 Å². The number of furan rings is 1. The summed E-state index contributed by atoms with van der Waals surface area (Å²) in [6.45, 7) is 1.78. The number of carbonyl (C=O) groups is 3. The van der Waals surface area contributed by atoms with Crippen LogP contribution in [-0.4, -0.2) is 81.4 Å². The van der Waals surface area contributed by atoms with E-state index in [-0.39, 0.29) is 48.2 Å². The van der Waals surface area contributed by atoms with E-state index in [9.17, 15) is 18.8 Å². The van der Waals surface area contributed by atoms with Gasteiger partial charge in [-0.2, -0.15) is 0 Å². The van der Waals surface area contributed by atoms with Gasteiger partial charge in [0.2, 0.25) is 11.7 Å². The zero-order valence-electron chi connectivity index (χ0n) is 27.3. The maximum atomic E-state index is 14.2. The number of hydrogen-bond donors (Lipinski definition) is 1. The molecule has 2 saturated carbocycles. The van der Waals surface area contributed by atoms with Gasteiger partial charge in [0.05, 0.1) is 25.9 Å². The van der Waals surface area contributed by atoms with Crippen LogP contribution in [-0.2, 0) is 30.2 Å². The van der Waals surface area contributed by atoms with Crippen molar-refractivity contribution in [3.8, 4) is 0 Å². The van der Waals surface area contributed by atoms with Gasteiger partial charge in [-0.3, -0.25) is 9.59 Å². The Morgan fingerprint density at radius 3 is 2.50 bits per heavy atom. The quantitative estimate of drug-likeness (QED) is 0.195. The zero-order chi connectivity index (χ0) is 32.5. The van der Waals surface area contributed by atoms with Crippen molar-refractivity contribution in [2.24, 2.45) is 29.4 Å². The fourth-order valence-electron chi connectivity index (χ4n) is 7.94. The Kier molecular flexibility index (Phi) is 12.6. The van der Waals surface area contributed by atoms with E-state index in [2.05, 4.69) is 0 Å². The molecule has 1 aliphatic heterocycles. The average molecular weight is 643 g/mol. The lowest BCUT2D eigenvalue weighted by Gasteiger charge is -2.37. The van der Waals surface area contributed by atoms with Crippen LogP contribution in [0, 0.1) is 23.7 Å². The molecule has 1 aromatic heterocycles. The maximum absolute atomic E-state index is 14.2. The third-order valence-electron chi connectivity index (χ3n) is 10.5. The molecule has 5 rings (SSSR count). The van der Waals surface area contributed by atoms with Crippen molar-refractivity contribution in [1.29, 1.82) is 0 Å². The average Bonchev–Trinajstić information content (AvgIpc) is 3.73. The molecule has 9 nitrogen and oxygen atoms in total. The molecule has 0 unspecified atom stereocenters. The number of ether oxygens (including phenoxy) is 3. The number of benzene rings is 1. The monoisotopic (exact) mass is 642 g/mol. The normalized spacial score (nSPS) is 24.7. The number of esters is 1. The van der Waals surface area contributed by atoms with E-state index in [1.807, 2.05) is 17.0 Å². The second-order valence-corrected chi connectivity index (χ2v) is 13.5. The van der Waals surface area contributed by atoms with Gasteiger partial charge in [-0.05, 0) is 73.6 Å². The van der Waals surface area contributed by atoms with Gasteiger partial charge in [-0.15, -0.1) is 0 Å². The molecule has 46 heavy (non-hydrogen) atoms. The van der Waals surface area contributed by atoms with Crippen LogP contribution in [0.5, 0.6) is 0 Å². The number of Topliss-reactive ketones (excluding diaryl/α,β-unsaturated/α-hetero) is 1. The van der Waals surface area contributed by atoms with E-state index in [0.29, 0.717) is 57.1 Å². The van der Waals surface area contributed by atoms with Crippen LogP contribution < -0.4 is 5.73 Å². The molecule has 2 N–H and O–H groups in total. The Bertz CT molecular complexity index is 1300. The van der Waals surface area contributed by atoms with Gasteiger partial charge >= 0.3 is 5.97 Å². The summed E-state index contributed by atoms with van der Waals surface area (Å²) in [6, 6.07) is 6.31. The van der Waals surface area contributed by atoms with Crippen LogP contribution in [0.1, 0.15) is 86.7 Å². The minimum absolute atomic E-state index is 0.0738. The van der Waals surface area contributed by atoms with Gasteiger partial charge in [0, 0.05) is 50.4 Å². The third kappa shape index (κ3) is 8.55. The fraction of sp³-hybridized carbons (Fsp3) is 0.694. The molecule has 254 valence electrons. The van der Waals surface area contributed by atoms with Gasteiger partial charge < -0.3 is 29.3 Å². The van der Waals surface area contributed by atoms with Crippen LogP contribution in [0.25, 0.3) is 11.0 Å². The molecular formula is C36H51FN2O7. The number of fused-ring (bicyclic) bond motifs is 1. The van der Waals surface area contributed by atoms with E-state index in [1.54, 1.807) is 19.2 Å². The molecule has 2 aromatic rings. The van der Waals surface area contributed by atoms with Crippen LogP contribution in [0.15, 0.2) is 28.7 Å². The van der Waals surface area contributed by atoms with Crippen molar-refractivity contribution < 1.29 is 37.4 Å². The number of nitrogens with two attached hydrogens (primary N) is 1. The van der Waals surface area contributed by atoms with E-state index < -0.39 is 24.7 Å². The van der Waals surface area contributed by atoms with Crippen LogP contribution in [0.3, 0.4) is 0 Å². The molecule has 3 atom stereocenters. The summed E-state index contributed by atoms with van der Waals surface area (Å²) in [7, 11) is 1.61. The molecule has 10 heteroatoms. The highest BCUT2D eigenvalue weighted by Gasteiger charge is 2.46. The molecule has 1 amide bonds. The topological polar surface area (TPSA) is 121 Å². The van der Waals surface area contributed by atoms with Crippen molar-refractivity contribution in [2.45, 2.75) is 89.1 Å². The van der Waals surface area contributed by atoms with E-state index in [1.165, 1.54) is 19.3 Å². The third-order valence-corrected chi connectivity index (χ3v) is 10.5. The number of ketones is 1. The standard InChI is InChI=1S/C36H51FN2O7/c1-43-18-19-44-16-5-17-45-36(42)33-22-28-20-24(8-13-32(28)46-33)21-31(40)34-29(25-6-3-2-4-7-25)14-15-39(34)35(41)27-11-9-26(10-12-27)30(38)23-37/h8,13,20,22,25-27,29-30,34H,2-7,9-12,14-19,21,23,38H2,1H3/t26?,27?,29-,30+,34-/m0/s1. The Morgan fingerprint density at radius 2 is 1.76 bits per heavy atom. The Labute approximate surface area is 271 Å². The molecule has 1 saturated heterocycles. The predicted molar refractivity (Wildman–Crippen MR) is 172 cm³/mol. The Morgan fingerprint density at radius 1 is 0.978 bits per heavy atom. The van der Waals surface area contributed by atoms with Crippen LogP contribution in [0.2, 0.25) is 0 Å². The summed E-state index contributed by atoms with van der Waals surface area (Å²) < 4.78 is 34.6. The molecule has 0 spiro atoms. The summed E-state index contributed by atoms with van der Waals surface area (Å²) in [5.41, 5.74) is 7.34. The summed E-state index contributed by atoms with van der Waals surface area (Å²) in [4.78, 5) is 42.6. The molecular weight excluding hydrogens is 591 g/mol. The molecule has 1 aromatic carbocycles. The van der Waals surface area contributed by atoms with Crippen molar-refractivity contribution in [1.82, 2.24) is 4.90 Å². The first-order valence-electron chi connectivity index (χ1n) is 17.3. The van der Waals surface area contributed by atoms with E-state index in [0.717, 1.165) is 43.1 Å². The van der Waals surface area contributed by atoms with Gasteiger partial charge in [-0.1, -0.05) is 38.2 Å². The highest BCUT2D eigenvalue weighted by Crippen LogP contribution is 2.41. The minimum atomic E-state index is -0.540.